The van der Waals surface area contributed by atoms with Gasteiger partial charge >= 0.3 is 0 Å². The van der Waals surface area contributed by atoms with E-state index in [1.54, 1.807) is 19.1 Å². The molecule has 0 aliphatic heterocycles. The average Bonchev–Trinajstić information content (AvgIpc) is 2.13. The second-order valence-corrected chi connectivity index (χ2v) is 3.44. The van der Waals surface area contributed by atoms with Crippen molar-refractivity contribution in [1.29, 1.82) is 0 Å². The molecule has 1 aromatic carbocycles. The summed E-state index contributed by atoms with van der Waals surface area (Å²) in [6.45, 7) is 3.55. The van der Waals surface area contributed by atoms with E-state index < -0.39 is 6.10 Å². The Balaban J connectivity index is 3.12. The van der Waals surface area contributed by atoms with Crippen molar-refractivity contribution in [2.75, 3.05) is 0 Å². The molecule has 0 heterocycles. The van der Waals surface area contributed by atoms with Crippen molar-refractivity contribution >= 4 is 0 Å². The van der Waals surface area contributed by atoms with Gasteiger partial charge in [-0.2, -0.15) is 0 Å². The highest BCUT2D eigenvalue weighted by atomic mass is 16.3. The molecule has 0 spiro atoms. The third-order valence-electron chi connectivity index (χ3n) is 2.24. The van der Waals surface area contributed by atoms with Crippen LogP contribution in [0.2, 0.25) is 0 Å². The minimum Gasteiger partial charge on any atom is -0.504 e. The SMILES string of the molecule is CCCc1ccc(C(C)O)c(O)c1O. The number of aromatic hydroxyl groups is 2. The molecule has 1 atom stereocenters. The third kappa shape index (κ3) is 1.99. The maximum atomic E-state index is 9.60. The Hall–Kier alpha value is -1.22. The molecule has 0 aliphatic carbocycles. The molecule has 78 valence electrons. The lowest BCUT2D eigenvalue weighted by Crippen LogP contribution is -1.94. The average molecular weight is 196 g/mol. The Labute approximate surface area is 83.6 Å². The highest BCUT2D eigenvalue weighted by molar-refractivity contribution is 5.50. The first-order chi connectivity index (χ1) is 6.57. The summed E-state index contributed by atoms with van der Waals surface area (Å²) in [7, 11) is 0. The smallest absolute Gasteiger partial charge is 0.163 e. The quantitative estimate of drug-likeness (QED) is 0.649. The zero-order valence-electron chi connectivity index (χ0n) is 8.49. The lowest BCUT2D eigenvalue weighted by Gasteiger charge is -2.11. The normalized spacial score (nSPS) is 12.8. The second-order valence-electron chi connectivity index (χ2n) is 3.44. The first-order valence-corrected chi connectivity index (χ1v) is 4.79. The van der Waals surface area contributed by atoms with E-state index in [9.17, 15) is 15.3 Å². The molecule has 0 aliphatic rings. The Morgan fingerprint density at radius 2 is 1.86 bits per heavy atom. The number of hydrogen-bond acceptors (Lipinski definition) is 3. The van der Waals surface area contributed by atoms with E-state index in [4.69, 9.17) is 0 Å². The van der Waals surface area contributed by atoms with Crippen LogP contribution in [0.25, 0.3) is 0 Å². The number of phenols is 2. The molecule has 3 heteroatoms. The van der Waals surface area contributed by atoms with Crippen LogP contribution in [-0.4, -0.2) is 15.3 Å². The van der Waals surface area contributed by atoms with Crippen LogP contribution in [0.15, 0.2) is 12.1 Å². The van der Waals surface area contributed by atoms with Crippen molar-refractivity contribution in [1.82, 2.24) is 0 Å². The van der Waals surface area contributed by atoms with E-state index in [2.05, 4.69) is 0 Å². The molecule has 3 N–H and O–H groups in total. The molecule has 0 saturated heterocycles. The van der Waals surface area contributed by atoms with Gasteiger partial charge in [-0.3, -0.25) is 0 Å². The van der Waals surface area contributed by atoms with Crippen LogP contribution in [0.4, 0.5) is 0 Å². The molecule has 0 aromatic heterocycles. The van der Waals surface area contributed by atoms with Crippen molar-refractivity contribution in [2.24, 2.45) is 0 Å². The van der Waals surface area contributed by atoms with Crippen molar-refractivity contribution in [2.45, 2.75) is 32.8 Å². The molecule has 0 fully saturated rings. The Morgan fingerprint density at radius 1 is 1.21 bits per heavy atom. The standard InChI is InChI=1S/C11H16O3/c1-3-4-8-5-6-9(7(2)12)11(14)10(8)13/h5-7,12-14H,3-4H2,1-2H3. The number of aliphatic hydroxyl groups excluding tert-OH is 1. The van der Waals surface area contributed by atoms with E-state index in [1.165, 1.54) is 0 Å². The molecule has 0 saturated carbocycles. The summed E-state index contributed by atoms with van der Waals surface area (Å²) >= 11 is 0. The van der Waals surface area contributed by atoms with E-state index in [1.807, 2.05) is 6.92 Å². The Bertz CT molecular complexity index is 319. The number of aliphatic hydroxyl groups is 1. The van der Waals surface area contributed by atoms with Gasteiger partial charge in [0.1, 0.15) is 0 Å². The molecular weight excluding hydrogens is 180 g/mol. The largest absolute Gasteiger partial charge is 0.504 e. The van der Waals surface area contributed by atoms with Gasteiger partial charge in [0.25, 0.3) is 0 Å². The van der Waals surface area contributed by atoms with Gasteiger partial charge in [0.15, 0.2) is 11.5 Å². The molecule has 1 aromatic rings. The molecular formula is C11H16O3. The summed E-state index contributed by atoms with van der Waals surface area (Å²) < 4.78 is 0. The van der Waals surface area contributed by atoms with E-state index in [-0.39, 0.29) is 11.5 Å². The van der Waals surface area contributed by atoms with Gasteiger partial charge in [-0.25, -0.2) is 0 Å². The summed E-state index contributed by atoms with van der Waals surface area (Å²) in [5.74, 6) is -0.309. The van der Waals surface area contributed by atoms with Crippen LogP contribution in [0.5, 0.6) is 11.5 Å². The highest BCUT2D eigenvalue weighted by Gasteiger charge is 2.13. The van der Waals surface area contributed by atoms with Crippen LogP contribution < -0.4 is 0 Å². The fraction of sp³-hybridized carbons (Fsp3) is 0.455. The molecule has 14 heavy (non-hydrogen) atoms. The second kappa shape index (κ2) is 4.33. The van der Waals surface area contributed by atoms with Crippen LogP contribution in [0.3, 0.4) is 0 Å². The summed E-state index contributed by atoms with van der Waals surface area (Å²) in [6.07, 6.45) is 0.858. The fourth-order valence-corrected chi connectivity index (χ4v) is 1.45. The Kier molecular flexibility index (Phi) is 3.36. The van der Waals surface area contributed by atoms with Crippen LogP contribution >= 0.6 is 0 Å². The highest BCUT2D eigenvalue weighted by Crippen LogP contribution is 2.36. The van der Waals surface area contributed by atoms with E-state index in [0.29, 0.717) is 5.56 Å². The van der Waals surface area contributed by atoms with Crippen molar-refractivity contribution in [3.63, 3.8) is 0 Å². The minimum atomic E-state index is -0.767. The molecule has 1 rings (SSSR count). The van der Waals surface area contributed by atoms with Crippen LogP contribution in [0.1, 0.15) is 37.5 Å². The van der Waals surface area contributed by atoms with Crippen molar-refractivity contribution in [3.05, 3.63) is 23.3 Å². The number of benzene rings is 1. The number of aryl methyl sites for hydroxylation is 1. The monoisotopic (exact) mass is 196 g/mol. The summed E-state index contributed by atoms with van der Waals surface area (Å²) in [6, 6.07) is 3.38. The van der Waals surface area contributed by atoms with Crippen LogP contribution in [-0.2, 0) is 6.42 Å². The molecule has 1 unspecified atom stereocenters. The van der Waals surface area contributed by atoms with Gasteiger partial charge < -0.3 is 15.3 Å². The topological polar surface area (TPSA) is 60.7 Å². The predicted molar refractivity (Wildman–Crippen MR) is 54.4 cm³/mol. The van der Waals surface area contributed by atoms with Gasteiger partial charge in [-0.05, 0) is 18.9 Å². The molecule has 0 radical (unpaired) electrons. The van der Waals surface area contributed by atoms with Crippen LogP contribution in [0, 0.1) is 0 Å². The maximum Gasteiger partial charge on any atom is 0.163 e. The molecule has 3 nitrogen and oxygen atoms in total. The van der Waals surface area contributed by atoms with E-state index >= 15 is 0 Å². The Morgan fingerprint density at radius 3 is 2.36 bits per heavy atom. The predicted octanol–water partition coefficient (Wildman–Crippen LogP) is 2.10. The zero-order chi connectivity index (χ0) is 10.7. The summed E-state index contributed by atoms with van der Waals surface area (Å²) in [4.78, 5) is 0. The first-order valence-electron chi connectivity index (χ1n) is 4.79. The summed E-state index contributed by atoms with van der Waals surface area (Å²) in [5, 5.41) is 28.4. The lowest BCUT2D eigenvalue weighted by molar-refractivity contribution is 0.193. The number of phenolic OH excluding ortho intramolecular Hbond substituents is 2. The van der Waals surface area contributed by atoms with Gasteiger partial charge in [0.2, 0.25) is 0 Å². The fourth-order valence-electron chi connectivity index (χ4n) is 1.45. The zero-order valence-corrected chi connectivity index (χ0v) is 8.49. The first kappa shape index (κ1) is 10.9. The van der Waals surface area contributed by atoms with E-state index in [0.717, 1.165) is 18.4 Å². The number of hydrogen-bond donors (Lipinski definition) is 3. The lowest BCUT2D eigenvalue weighted by atomic mass is 10.0. The van der Waals surface area contributed by atoms with Gasteiger partial charge in [0, 0.05) is 5.56 Å². The van der Waals surface area contributed by atoms with Gasteiger partial charge in [0.05, 0.1) is 6.10 Å². The maximum absolute atomic E-state index is 9.60. The van der Waals surface area contributed by atoms with Crippen molar-refractivity contribution < 1.29 is 15.3 Å². The third-order valence-corrected chi connectivity index (χ3v) is 2.24. The minimum absolute atomic E-state index is 0.106. The molecule has 0 bridgehead atoms. The van der Waals surface area contributed by atoms with Gasteiger partial charge in [-0.1, -0.05) is 25.5 Å². The van der Waals surface area contributed by atoms with Crippen molar-refractivity contribution in [3.8, 4) is 11.5 Å². The summed E-state index contributed by atoms with van der Waals surface area (Å²) in [5.41, 5.74) is 1.08. The van der Waals surface area contributed by atoms with Gasteiger partial charge in [-0.15, -0.1) is 0 Å². The number of rotatable bonds is 3. The molecule has 0 amide bonds.